The molecule has 0 unspecified atom stereocenters. The molecule has 1 aromatic carbocycles. The second-order valence-corrected chi connectivity index (χ2v) is 3.37. The Balaban J connectivity index is 2.45. The first-order valence-electron chi connectivity index (χ1n) is 4.96. The van der Waals surface area contributed by atoms with E-state index in [1.807, 2.05) is 6.07 Å². The van der Waals surface area contributed by atoms with Gasteiger partial charge in [-0.1, -0.05) is 12.1 Å². The zero-order valence-electron chi connectivity index (χ0n) is 9.01. The molecule has 0 radical (unpaired) electrons. The third-order valence-electron chi connectivity index (χ3n) is 2.04. The van der Waals surface area contributed by atoms with Gasteiger partial charge in [0.1, 0.15) is 0 Å². The minimum absolute atomic E-state index is 0.0880. The third-order valence-corrected chi connectivity index (χ3v) is 2.04. The number of esters is 1. The molecule has 0 spiro atoms. The monoisotopic (exact) mass is 223 g/mol. The first kappa shape index (κ1) is 12.2. The van der Waals surface area contributed by atoms with Crippen LogP contribution in [-0.4, -0.2) is 17.5 Å². The highest BCUT2D eigenvalue weighted by atomic mass is 16.6. The first-order chi connectivity index (χ1) is 7.59. The molecule has 5 heteroatoms. The van der Waals surface area contributed by atoms with Crippen molar-refractivity contribution in [3.8, 4) is 0 Å². The van der Waals surface area contributed by atoms with Crippen molar-refractivity contribution in [2.45, 2.75) is 19.8 Å². The van der Waals surface area contributed by atoms with E-state index < -0.39 is 4.92 Å². The molecule has 0 aliphatic rings. The Morgan fingerprint density at radius 2 is 2.25 bits per heavy atom. The van der Waals surface area contributed by atoms with Crippen molar-refractivity contribution in [2.24, 2.45) is 0 Å². The number of rotatable bonds is 5. The van der Waals surface area contributed by atoms with Crippen LogP contribution in [0.2, 0.25) is 0 Å². The van der Waals surface area contributed by atoms with Crippen LogP contribution in [0.5, 0.6) is 0 Å². The van der Waals surface area contributed by atoms with Crippen LogP contribution >= 0.6 is 0 Å². The number of ether oxygens (including phenoxy) is 1. The van der Waals surface area contributed by atoms with Crippen molar-refractivity contribution in [1.29, 1.82) is 0 Å². The van der Waals surface area contributed by atoms with Gasteiger partial charge in [-0.3, -0.25) is 14.9 Å². The summed E-state index contributed by atoms with van der Waals surface area (Å²) in [5, 5.41) is 10.5. The van der Waals surface area contributed by atoms with Gasteiger partial charge in [0.2, 0.25) is 0 Å². The van der Waals surface area contributed by atoms with Gasteiger partial charge < -0.3 is 4.74 Å². The molecule has 0 aromatic heterocycles. The molecule has 0 bridgehead atoms. The van der Waals surface area contributed by atoms with Crippen LogP contribution in [0.15, 0.2) is 24.3 Å². The lowest BCUT2D eigenvalue weighted by Gasteiger charge is -2.02. The number of nitro benzene ring substituents is 1. The van der Waals surface area contributed by atoms with Crippen LogP contribution in [0.3, 0.4) is 0 Å². The maximum Gasteiger partial charge on any atom is 0.302 e. The molecule has 0 fully saturated rings. The van der Waals surface area contributed by atoms with Crippen molar-refractivity contribution >= 4 is 11.7 Å². The maximum absolute atomic E-state index is 10.5. The lowest BCUT2D eigenvalue weighted by Crippen LogP contribution is -2.01. The number of nitrogens with zero attached hydrogens (tertiary/aromatic N) is 1. The van der Waals surface area contributed by atoms with Crippen LogP contribution in [0.1, 0.15) is 18.9 Å². The smallest absolute Gasteiger partial charge is 0.302 e. The van der Waals surface area contributed by atoms with Crippen LogP contribution in [0.4, 0.5) is 5.69 Å². The Labute approximate surface area is 93.2 Å². The molecule has 0 aliphatic heterocycles. The number of benzene rings is 1. The molecule has 5 nitrogen and oxygen atoms in total. The molecular weight excluding hydrogens is 210 g/mol. The Bertz CT molecular complexity index is 389. The predicted molar refractivity (Wildman–Crippen MR) is 58.1 cm³/mol. The lowest BCUT2D eigenvalue weighted by atomic mass is 10.1. The largest absolute Gasteiger partial charge is 0.466 e. The van der Waals surface area contributed by atoms with E-state index in [1.54, 1.807) is 6.07 Å². The molecule has 0 amide bonds. The minimum Gasteiger partial charge on any atom is -0.466 e. The third kappa shape index (κ3) is 4.08. The van der Waals surface area contributed by atoms with Crippen molar-refractivity contribution in [1.82, 2.24) is 0 Å². The summed E-state index contributed by atoms with van der Waals surface area (Å²) >= 11 is 0. The number of non-ortho nitro benzene ring substituents is 1. The van der Waals surface area contributed by atoms with Crippen LogP contribution < -0.4 is 0 Å². The van der Waals surface area contributed by atoms with Gasteiger partial charge in [-0.15, -0.1) is 0 Å². The lowest BCUT2D eigenvalue weighted by molar-refractivity contribution is -0.384. The Kier molecular flexibility index (Phi) is 4.44. The zero-order valence-corrected chi connectivity index (χ0v) is 9.01. The Morgan fingerprint density at radius 1 is 1.50 bits per heavy atom. The fourth-order valence-corrected chi connectivity index (χ4v) is 1.32. The maximum atomic E-state index is 10.5. The van der Waals surface area contributed by atoms with Gasteiger partial charge in [0.15, 0.2) is 0 Å². The van der Waals surface area contributed by atoms with E-state index in [0.29, 0.717) is 19.4 Å². The summed E-state index contributed by atoms with van der Waals surface area (Å²) in [5.41, 5.74) is 0.964. The molecule has 0 saturated heterocycles. The SMILES string of the molecule is CC(=O)OCCCc1cccc([N+](=O)[O-])c1. The van der Waals surface area contributed by atoms with Crippen molar-refractivity contribution < 1.29 is 14.5 Å². The quantitative estimate of drug-likeness (QED) is 0.331. The average Bonchev–Trinajstić information content (AvgIpc) is 2.24. The number of aryl methyl sites for hydroxylation is 1. The molecule has 0 saturated carbocycles. The number of nitro groups is 1. The van der Waals surface area contributed by atoms with E-state index in [-0.39, 0.29) is 11.7 Å². The van der Waals surface area contributed by atoms with Crippen LogP contribution in [0.25, 0.3) is 0 Å². The second-order valence-electron chi connectivity index (χ2n) is 3.37. The summed E-state index contributed by atoms with van der Waals surface area (Å²) < 4.78 is 4.77. The summed E-state index contributed by atoms with van der Waals surface area (Å²) in [6.45, 7) is 1.70. The predicted octanol–water partition coefficient (Wildman–Crippen LogP) is 2.09. The Hall–Kier alpha value is -1.91. The molecule has 16 heavy (non-hydrogen) atoms. The van der Waals surface area contributed by atoms with Gasteiger partial charge in [-0.05, 0) is 18.4 Å². The van der Waals surface area contributed by atoms with Gasteiger partial charge in [0.25, 0.3) is 5.69 Å². The number of carbonyl (C=O) groups excluding carboxylic acids is 1. The summed E-state index contributed by atoms with van der Waals surface area (Å²) in [6.07, 6.45) is 1.33. The standard InChI is InChI=1S/C11H13NO4/c1-9(13)16-7-3-5-10-4-2-6-11(8-10)12(14)15/h2,4,6,8H,3,5,7H2,1H3. The second kappa shape index (κ2) is 5.85. The first-order valence-corrected chi connectivity index (χ1v) is 4.96. The van der Waals surface area contributed by atoms with E-state index in [4.69, 9.17) is 4.74 Å². The summed E-state index contributed by atoms with van der Waals surface area (Å²) in [7, 11) is 0. The molecule has 0 atom stereocenters. The fourth-order valence-electron chi connectivity index (χ4n) is 1.32. The van der Waals surface area contributed by atoms with Gasteiger partial charge >= 0.3 is 5.97 Å². The van der Waals surface area contributed by atoms with E-state index in [9.17, 15) is 14.9 Å². The van der Waals surface area contributed by atoms with Gasteiger partial charge in [0, 0.05) is 19.1 Å². The highest BCUT2D eigenvalue weighted by Crippen LogP contribution is 2.14. The highest BCUT2D eigenvalue weighted by Gasteiger charge is 2.05. The fraction of sp³-hybridized carbons (Fsp3) is 0.364. The van der Waals surface area contributed by atoms with E-state index in [1.165, 1.54) is 19.1 Å². The summed E-state index contributed by atoms with van der Waals surface area (Å²) in [4.78, 5) is 20.6. The van der Waals surface area contributed by atoms with Crippen molar-refractivity contribution in [3.63, 3.8) is 0 Å². The van der Waals surface area contributed by atoms with E-state index in [0.717, 1.165) is 5.56 Å². The van der Waals surface area contributed by atoms with Crippen LogP contribution in [0, 0.1) is 10.1 Å². The topological polar surface area (TPSA) is 69.4 Å². The van der Waals surface area contributed by atoms with Gasteiger partial charge in [0.05, 0.1) is 11.5 Å². The van der Waals surface area contributed by atoms with Gasteiger partial charge in [-0.2, -0.15) is 0 Å². The average molecular weight is 223 g/mol. The zero-order chi connectivity index (χ0) is 12.0. The van der Waals surface area contributed by atoms with E-state index >= 15 is 0 Å². The number of hydrogen-bond donors (Lipinski definition) is 0. The molecule has 0 heterocycles. The molecule has 86 valence electrons. The summed E-state index contributed by atoms with van der Waals surface area (Å²) in [6, 6.07) is 6.46. The molecule has 0 N–H and O–H groups in total. The molecule has 1 aromatic rings. The van der Waals surface area contributed by atoms with Crippen molar-refractivity contribution in [2.75, 3.05) is 6.61 Å². The molecule has 0 aliphatic carbocycles. The Morgan fingerprint density at radius 3 is 2.88 bits per heavy atom. The number of hydrogen-bond acceptors (Lipinski definition) is 4. The molecular formula is C11H13NO4. The van der Waals surface area contributed by atoms with E-state index in [2.05, 4.69) is 0 Å². The molecule has 1 rings (SSSR count). The highest BCUT2D eigenvalue weighted by molar-refractivity contribution is 5.65. The number of carbonyl (C=O) groups is 1. The van der Waals surface area contributed by atoms with Gasteiger partial charge in [-0.25, -0.2) is 0 Å². The van der Waals surface area contributed by atoms with Crippen LogP contribution in [-0.2, 0) is 16.0 Å². The summed E-state index contributed by atoms with van der Waals surface area (Å²) in [5.74, 6) is -0.306. The van der Waals surface area contributed by atoms with Crippen molar-refractivity contribution in [3.05, 3.63) is 39.9 Å². The normalized spacial score (nSPS) is 9.81. The minimum atomic E-state index is -0.421.